The summed E-state index contributed by atoms with van der Waals surface area (Å²) >= 11 is 12.1. The highest BCUT2D eigenvalue weighted by molar-refractivity contribution is 6.36. The van der Waals surface area contributed by atoms with Gasteiger partial charge in [0, 0.05) is 43.6 Å². The Morgan fingerprint density at radius 1 is 1.30 bits per heavy atom. The number of aryl methyl sites for hydroxylation is 1. The first-order chi connectivity index (χ1) is 15.8. The van der Waals surface area contributed by atoms with E-state index in [1.807, 2.05) is 0 Å². The largest absolute Gasteiger partial charge is 0.466 e. The van der Waals surface area contributed by atoms with E-state index < -0.39 is 0 Å². The molecule has 33 heavy (non-hydrogen) atoms. The van der Waals surface area contributed by atoms with E-state index in [0.717, 1.165) is 6.42 Å². The van der Waals surface area contributed by atoms with Crippen LogP contribution >= 0.6 is 23.2 Å². The monoisotopic (exact) mass is 495 g/mol. The van der Waals surface area contributed by atoms with Gasteiger partial charge in [0.25, 0.3) is 0 Å². The summed E-state index contributed by atoms with van der Waals surface area (Å²) < 4.78 is 10.8. The topological polar surface area (TPSA) is 93.0 Å². The molecule has 1 unspecified atom stereocenters. The fraction of sp³-hybridized carbons (Fsp3) is 0.478. The summed E-state index contributed by atoms with van der Waals surface area (Å²) in [5, 5.41) is 0.968. The van der Waals surface area contributed by atoms with Crippen molar-refractivity contribution in [1.29, 1.82) is 0 Å². The van der Waals surface area contributed by atoms with Gasteiger partial charge in [-0.2, -0.15) is 0 Å². The molecule has 10 heteroatoms. The highest BCUT2D eigenvalue weighted by Crippen LogP contribution is 2.30. The number of oxazole rings is 1. The lowest BCUT2D eigenvalue weighted by atomic mass is 9.98. The molecule has 1 aromatic carbocycles. The van der Waals surface area contributed by atoms with Crippen molar-refractivity contribution in [3.8, 4) is 11.3 Å². The number of likely N-dealkylation sites (tertiary alicyclic amines) is 1. The molecule has 2 heterocycles. The van der Waals surface area contributed by atoms with Crippen LogP contribution in [-0.4, -0.2) is 65.9 Å². The first-order valence-corrected chi connectivity index (χ1v) is 11.6. The SMILES string of the molecule is CCOC(=O)C1CCCN(C(=O)CN(C)C(=O)CCc2ncc(-c3ccc(Cl)cc3Cl)o2)C1. The first-order valence-electron chi connectivity index (χ1n) is 10.9. The summed E-state index contributed by atoms with van der Waals surface area (Å²) in [7, 11) is 1.58. The second-order valence-electron chi connectivity index (χ2n) is 7.92. The van der Waals surface area contributed by atoms with Crippen molar-refractivity contribution in [2.45, 2.75) is 32.6 Å². The van der Waals surface area contributed by atoms with Gasteiger partial charge in [0.1, 0.15) is 0 Å². The molecule has 0 radical (unpaired) electrons. The van der Waals surface area contributed by atoms with Gasteiger partial charge in [-0.05, 0) is 38.0 Å². The number of hydrogen-bond donors (Lipinski definition) is 0. The van der Waals surface area contributed by atoms with E-state index in [0.29, 0.717) is 53.4 Å². The van der Waals surface area contributed by atoms with E-state index in [4.69, 9.17) is 32.4 Å². The molecule has 1 atom stereocenters. The Hall–Kier alpha value is -2.58. The molecule has 2 amide bonds. The molecular weight excluding hydrogens is 469 g/mol. The van der Waals surface area contributed by atoms with Crippen LogP contribution in [0.1, 0.15) is 32.1 Å². The van der Waals surface area contributed by atoms with Crippen LogP contribution in [0.3, 0.4) is 0 Å². The summed E-state index contributed by atoms with van der Waals surface area (Å²) in [6, 6.07) is 5.07. The maximum absolute atomic E-state index is 12.7. The number of carbonyl (C=O) groups excluding carboxylic acids is 3. The molecule has 1 aliphatic rings. The Morgan fingerprint density at radius 3 is 2.82 bits per heavy atom. The van der Waals surface area contributed by atoms with Crippen molar-refractivity contribution in [2.75, 3.05) is 33.3 Å². The van der Waals surface area contributed by atoms with Gasteiger partial charge in [0.05, 0.1) is 30.3 Å². The average Bonchev–Trinajstić information content (AvgIpc) is 3.26. The highest BCUT2D eigenvalue weighted by Gasteiger charge is 2.30. The van der Waals surface area contributed by atoms with Gasteiger partial charge in [-0.1, -0.05) is 23.2 Å². The number of nitrogens with zero attached hydrogens (tertiary/aromatic N) is 3. The number of hydrogen-bond acceptors (Lipinski definition) is 6. The minimum atomic E-state index is -0.308. The maximum Gasteiger partial charge on any atom is 0.310 e. The van der Waals surface area contributed by atoms with E-state index in [1.54, 1.807) is 43.3 Å². The number of rotatable bonds is 8. The zero-order valence-electron chi connectivity index (χ0n) is 18.7. The van der Waals surface area contributed by atoms with Crippen LogP contribution in [0.4, 0.5) is 0 Å². The minimum Gasteiger partial charge on any atom is -0.466 e. The van der Waals surface area contributed by atoms with Crippen molar-refractivity contribution in [3.05, 3.63) is 40.3 Å². The summed E-state index contributed by atoms with van der Waals surface area (Å²) in [4.78, 5) is 44.4. The molecule has 0 spiro atoms. The molecule has 1 fully saturated rings. The number of esters is 1. The molecule has 1 aliphatic heterocycles. The molecule has 0 saturated carbocycles. The number of ether oxygens (including phenoxy) is 1. The summed E-state index contributed by atoms with van der Waals surface area (Å²) in [6.45, 7) is 2.93. The molecule has 0 N–H and O–H groups in total. The molecule has 0 bridgehead atoms. The third-order valence-corrected chi connectivity index (χ3v) is 6.04. The van der Waals surface area contributed by atoms with Crippen molar-refractivity contribution in [2.24, 2.45) is 5.92 Å². The number of aromatic nitrogens is 1. The number of piperidine rings is 1. The van der Waals surface area contributed by atoms with Gasteiger partial charge in [0.15, 0.2) is 11.7 Å². The van der Waals surface area contributed by atoms with Crippen molar-refractivity contribution in [3.63, 3.8) is 0 Å². The molecule has 3 rings (SSSR count). The number of halogens is 2. The normalized spacial score (nSPS) is 15.9. The Morgan fingerprint density at radius 2 is 2.09 bits per heavy atom. The van der Waals surface area contributed by atoms with Crippen LogP contribution in [-0.2, 0) is 25.5 Å². The summed E-state index contributed by atoms with van der Waals surface area (Å²) in [5.74, 6) is -0.0785. The Kier molecular flexibility index (Phi) is 8.74. The Balaban J connectivity index is 1.49. The lowest BCUT2D eigenvalue weighted by Crippen LogP contribution is -2.47. The summed E-state index contributed by atoms with van der Waals surface area (Å²) in [5.41, 5.74) is 0.663. The average molecular weight is 496 g/mol. The zero-order chi connectivity index (χ0) is 24.0. The van der Waals surface area contributed by atoms with Crippen LogP contribution in [0, 0.1) is 5.92 Å². The highest BCUT2D eigenvalue weighted by atomic mass is 35.5. The first kappa shape index (κ1) is 25.1. The van der Waals surface area contributed by atoms with Crippen LogP contribution in [0.25, 0.3) is 11.3 Å². The van der Waals surface area contributed by atoms with Crippen LogP contribution < -0.4 is 0 Å². The fourth-order valence-electron chi connectivity index (χ4n) is 3.69. The second kappa shape index (κ2) is 11.5. The molecule has 1 aromatic heterocycles. The second-order valence-corrected chi connectivity index (χ2v) is 8.77. The van der Waals surface area contributed by atoms with Crippen LogP contribution in [0.15, 0.2) is 28.8 Å². The third kappa shape index (κ3) is 6.71. The number of amides is 2. The lowest BCUT2D eigenvalue weighted by molar-refractivity contribution is -0.152. The van der Waals surface area contributed by atoms with Crippen LogP contribution in [0.2, 0.25) is 10.0 Å². The van der Waals surface area contributed by atoms with Gasteiger partial charge in [-0.25, -0.2) is 4.98 Å². The maximum atomic E-state index is 12.7. The van der Waals surface area contributed by atoms with Gasteiger partial charge in [0.2, 0.25) is 11.8 Å². The summed E-state index contributed by atoms with van der Waals surface area (Å²) in [6.07, 6.45) is 3.42. The number of carbonyl (C=O) groups is 3. The van der Waals surface area contributed by atoms with E-state index in [-0.39, 0.29) is 43.1 Å². The zero-order valence-corrected chi connectivity index (χ0v) is 20.2. The van der Waals surface area contributed by atoms with E-state index in [9.17, 15) is 14.4 Å². The van der Waals surface area contributed by atoms with E-state index in [2.05, 4.69) is 4.98 Å². The van der Waals surface area contributed by atoms with Crippen molar-refractivity contribution in [1.82, 2.24) is 14.8 Å². The Labute approximate surface area is 202 Å². The molecular formula is C23H27Cl2N3O5. The molecule has 8 nitrogen and oxygen atoms in total. The van der Waals surface area contributed by atoms with Gasteiger partial charge in [-0.15, -0.1) is 0 Å². The predicted molar refractivity (Wildman–Crippen MR) is 124 cm³/mol. The number of benzene rings is 1. The van der Waals surface area contributed by atoms with Crippen molar-refractivity contribution < 1.29 is 23.5 Å². The van der Waals surface area contributed by atoms with Gasteiger partial charge >= 0.3 is 5.97 Å². The van der Waals surface area contributed by atoms with Gasteiger partial charge < -0.3 is 19.0 Å². The van der Waals surface area contributed by atoms with E-state index >= 15 is 0 Å². The smallest absolute Gasteiger partial charge is 0.310 e. The third-order valence-electron chi connectivity index (χ3n) is 5.50. The standard InChI is InChI=1S/C23H27Cl2N3O5/c1-3-32-23(31)15-5-4-10-28(13-15)22(30)14-27(2)21(29)9-8-20-26-12-19(33-20)17-7-6-16(24)11-18(17)25/h6-7,11-12,15H,3-5,8-10,13-14H2,1-2H3. The quantitative estimate of drug-likeness (QED) is 0.516. The van der Waals surface area contributed by atoms with Crippen molar-refractivity contribution >= 4 is 41.0 Å². The molecule has 178 valence electrons. The molecule has 0 aliphatic carbocycles. The fourth-order valence-corrected chi connectivity index (χ4v) is 4.19. The Bertz CT molecular complexity index is 1010. The molecule has 2 aromatic rings. The molecule has 1 saturated heterocycles. The lowest BCUT2D eigenvalue weighted by Gasteiger charge is -2.32. The van der Waals surface area contributed by atoms with Crippen LogP contribution in [0.5, 0.6) is 0 Å². The number of likely N-dealkylation sites (N-methyl/N-ethyl adjacent to an activating group) is 1. The van der Waals surface area contributed by atoms with E-state index in [1.165, 1.54) is 4.90 Å². The predicted octanol–water partition coefficient (Wildman–Crippen LogP) is 3.84. The minimum absolute atomic E-state index is 0.0500. The van der Waals surface area contributed by atoms with Gasteiger partial charge in [-0.3, -0.25) is 14.4 Å².